The Morgan fingerprint density at radius 3 is 2.44 bits per heavy atom. The number of nitrogens with one attached hydrogen (secondary N) is 3. The molecule has 2 aromatic carbocycles. The fourth-order valence-electron chi connectivity index (χ4n) is 6.91. The van der Waals surface area contributed by atoms with Gasteiger partial charge in [0.25, 0.3) is 0 Å². The van der Waals surface area contributed by atoms with Crippen LogP contribution >= 0.6 is 0 Å². The molecular formula is C33H42N6O4. The smallest absolute Gasteiger partial charge is 0.245 e. The molecule has 43 heavy (non-hydrogen) atoms. The predicted molar refractivity (Wildman–Crippen MR) is 162 cm³/mol. The molecule has 228 valence electrons. The van der Waals surface area contributed by atoms with Crippen molar-refractivity contribution in [3.63, 3.8) is 0 Å². The molecule has 3 heterocycles. The largest absolute Gasteiger partial charge is 0.371 e. The maximum atomic E-state index is 14.1. The second-order valence-corrected chi connectivity index (χ2v) is 13.3. The number of rotatable bonds is 10. The fraction of sp³-hybridized carbons (Fsp3) is 0.515. The van der Waals surface area contributed by atoms with Crippen molar-refractivity contribution in [3.05, 3.63) is 65.9 Å². The third-order valence-corrected chi connectivity index (χ3v) is 9.74. The van der Waals surface area contributed by atoms with E-state index in [0.29, 0.717) is 39.3 Å². The van der Waals surface area contributed by atoms with E-state index in [1.165, 1.54) is 0 Å². The lowest BCUT2D eigenvalue weighted by molar-refractivity contribution is -0.152. The predicted octanol–water partition coefficient (Wildman–Crippen LogP) is 2.71. The van der Waals surface area contributed by atoms with Crippen molar-refractivity contribution in [1.82, 2.24) is 30.6 Å². The minimum Gasteiger partial charge on any atom is -0.371 e. The van der Waals surface area contributed by atoms with Crippen LogP contribution in [0.15, 0.2) is 54.6 Å². The summed E-state index contributed by atoms with van der Waals surface area (Å²) in [6.07, 6.45) is 0.359. The molecule has 0 radical (unpaired) electrons. The van der Waals surface area contributed by atoms with Crippen molar-refractivity contribution >= 4 is 28.6 Å². The molecule has 6 rings (SSSR count). The highest BCUT2D eigenvalue weighted by Crippen LogP contribution is 2.54. The van der Waals surface area contributed by atoms with Crippen molar-refractivity contribution in [2.45, 2.75) is 52.5 Å². The third-order valence-electron chi connectivity index (χ3n) is 9.74. The number of amides is 3. The van der Waals surface area contributed by atoms with Gasteiger partial charge in [-0.05, 0) is 30.4 Å². The van der Waals surface area contributed by atoms with Crippen molar-refractivity contribution in [2.24, 2.45) is 22.7 Å². The summed E-state index contributed by atoms with van der Waals surface area (Å²) in [6.45, 7) is 9.31. The fourth-order valence-corrected chi connectivity index (χ4v) is 6.91. The van der Waals surface area contributed by atoms with Crippen LogP contribution in [0.25, 0.3) is 10.9 Å². The number of likely N-dealkylation sites (tertiary alicyclic amines) is 2. The summed E-state index contributed by atoms with van der Waals surface area (Å²) in [5.41, 5.74) is 2.58. The second kappa shape index (κ2) is 11.4. The van der Waals surface area contributed by atoms with Gasteiger partial charge in [0.1, 0.15) is 6.04 Å². The summed E-state index contributed by atoms with van der Waals surface area (Å²) in [7, 11) is 1.56. The SMILES string of the molecule is CNC(=O)[C@@H](NC(=O)C1CN(Cc2[nH]nc3ccccc23)CC12CN(C(=O)[C@H]1CC1(C)C)C2)[C@@H](C)OCc1ccccc1. The Bertz CT molecular complexity index is 1500. The van der Waals surface area contributed by atoms with E-state index in [9.17, 15) is 14.4 Å². The van der Waals surface area contributed by atoms with Crippen molar-refractivity contribution < 1.29 is 19.1 Å². The first-order valence-electron chi connectivity index (χ1n) is 15.2. The molecule has 10 nitrogen and oxygen atoms in total. The first-order chi connectivity index (χ1) is 20.6. The van der Waals surface area contributed by atoms with Gasteiger partial charge in [0.15, 0.2) is 0 Å². The topological polar surface area (TPSA) is 120 Å². The van der Waals surface area contributed by atoms with Crippen molar-refractivity contribution in [1.29, 1.82) is 0 Å². The van der Waals surface area contributed by atoms with Crippen LogP contribution in [0.5, 0.6) is 0 Å². The van der Waals surface area contributed by atoms with Gasteiger partial charge >= 0.3 is 0 Å². The standard InChI is InChI=1S/C33H42N6O4/c1-21(43-17-22-10-6-5-7-11-22)28(30(41)34-4)35-29(40)25-15-38(16-27-23-12-8-9-13-26(23)36-37-27)18-33(25)19-39(20-33)31(42)24-14-32(24,2)3/h5-13,21,24-25,28H,14-20H2,1-4H3,(H,34,41)(H,35,40)(H,36,37)/t21-,24-,25?,28+/m1/s1. The Hall–Kier alpha value is -3.76. The van der Waals surface area contributed by atoms with Crippen LogP contribution in [0.1, 0.15) is 38.4 Å². The maximum absolute atomic E-state index is 14.1. The molecule has 2 aliphatic heterocycles. The number of hydrogen-bond donors (Lipinski definition) is 3. The number of carbonyl (C=O) groups excluding carboxylic acids is 3. The number of fused-ring (bicyclic) bond motifs is 1. The van der Waals surface area contributed by atoms with Crippen LogP contribution < -0.4 is 10.6 Å². The molecule has 0 bridgehead atoms. The summed E-state index contributed by atoms with van der Waals surface area (Å²) in [5.74, 6) is -0.612. The number of nitrogens with zero attached hydrogens (tertiary/aromatic N) is 3. The Kier molecular flexibility index (Phi) is 7.76. The molecular weight excluding hydrogens is 544 g/mol. The van der Waals surface area contributed by atoms with Crippen LogP contribution in [0, 0.1) is 22.7 Å². The number of H-pyrrole nitrogens is 1. The van der Waals surface area contributed by atoms with Gasteiger partial charge in [-0.25, -0.2) is 0 Å². The zero-order valence-corrected chi connectivity index (χ0v) is 25.4. The highest BCUT2D eigenvalue weighted by molar-refractivity contribution is 5.90. The van der Waals surface area contributed by atoms with E-state index in [4.69, 9.17) is 4.74 Å². The molecule has 3 N–H and O–H groups in total. The lowest BCUT2D eigenvalue weighted by atomic mass is 9.70. The molecule has 1 unspecified atom stereocenters. The van der Waals surface area contributed by atoms with Gasteiger partial charge in [0.2, 0.25) is 17.7 Å². The highest BCUT2D eigenvalue weighted by Gasteiger charge is 2.61. The molecule has 3 amide bonds. The van der Waals surface area contributed by atoms with E-state index < -0.39 is 12.1 Å². The monoisotopic (exact) mass is 586 g/mol. The van der Waals surface area contributed by atoms with E-state index in [1.807, 2.05) is 60.4 Å². The number of para-hydroxylation sites is 1. The molecule has 1 saturated carbocycles. The van der Waals surface area contributed by atoms with Gasteiger partial charge in [-0.3, -0.25) is 24.4 Å². The first-order valence-corrected chi connectivity index (χ1v) is 15.2. The number of hydrogen-bond acceptors (Lipinski definition) is 6. The van der Waals surface area contributed by atoms with Gasteiger partial charge in [0.05, 0.1) is 29.8 Å². The zero-order chi connectivity index (χ0) is 30.4. The van der Waals surface area contributed by atoms with E-state index in [1.54, 1.807) is 7.05 Å². The summed E-state index contributed by atoms with van der Waals surface area (Å²) in [5, 5.41) is 14.4. The molecule has 4 atom stereocenters. The first kappa shape index (κ1) is 29.3. The zero-order valence-electron chi connectivity index (χ0n) is 25.4. The van der Waals surface area contributed by atoms with Crippen LogP contribution in [0.4, 0.5) is 0 Å². The summed E-state index contributed by atoms with van der Waals surface area (Å²) >= 11 is 0. The molecule has 3 fully saturated rings. The Labute approximate surface area is 252 Å². The Balaban J connectivity index is 1.18. The number of aromatic amines is 1. The van der Waals surface area contributed by atoms with E-state index >= 15 is 0 Å². The molecule has 1 aliphatic carbocycles. The van der Waals surface area contributed by atoms with E-state index in [2.05, 4.69) is 45.6 Å². The van der Waals surface area contributed by atoms with E-state index in [0.717, 1.165) is 28.6 Å². The minimum atomic E-state index is -0.853. The number of ether oxygens (including phenoxy) is 1. The lowest BCUT2D eigenvalue weighted by Crippen LogP contribution is -2.65. The number of benzene rings is 2. The van der Waals surface area contributed by atoms with Crippen LogP contribution in [-0.4, -0.2) is 83.1 Å². The van der Waals surface area contributed by atoms with E-state index in [-0.39, 0.29) is 40.4 Å². The highest BCUT2D eigenvalue weighted by atomic mass is 16.5. The van der Waals surface area contributed by atoms with Gasteiger partial charge in [0, 0.05) is 56.5 Å². The quantitative estimate of drug-likeness (QED) is 0.336. The average Bonchev–Trinajstić information content (AvgIpc) is 3.29. The lowest BCUT2D eigenvalue weighted by Gasteiger charge is -2.51. The number of aromatic nitrogens is 2. The Morgan fingerprint density at radius 1 is 1.05 bits per heavy atom. The second-order valence-electron chi connectivity index (χ2n) is 13.3. The maximum Gasteiger partial charge on any atom is 0.245 e. The van der Waals surface area contributed by atoms with Gasteiger partial charge in [-0.1, -0.05) is 62.4 Å². The average molecular weight is 587 g/mol. The minimum absolute atomic E-state index is 0.0522. The normalized spacial score (nSPS) is 23.5. The molecule has 3 aliphatic rings. The molecule has 10 heteroatoms. The van der Waals surface area contributed by atoms with Gasteiger partial charge < -0.3 is 20.3 Å². The Morgan fingerprint density at radius 2 is 1.74 bits per heavy atom. The molecule has 3 aromatic rings. The van der Waals surface area contributed by atoms with Gasteiger partial charge in [-0.2, -0.15) is 5.10 Å². The van der Waals surface area contributed by atoms with Crippen molar-refractivity contribution in [3.8, 4) is 0 Å². The summed E-state index contributed by atoms with van der Waals surface area (Å²) < 4.78 is 6.05. The molecule has 1 spiro atoms. The number of carbonyl (C=O) groups is 3. The summed E-state index contributed by atoms with van der Waals surface area (Å²) in [4.78, 5) is 44.4. The van der Waals surface area contributed by atoms with Crippen LogP contribution in [0.2, 0.25) is 0 Å². The van der Waals surface area contributed by atoms with Crippen molar-refractivity contribution in [2.75, 3.05) is 33.2 Å². The molecule has 2 saturated heterocycles. The summed E-state index contributed by atoms with van der Waals surface area (Å²) in [6, 6.07) is 16.9. The van der Waals surface area contributed by atoms with Crippen LogP contribution in [-0.2, 0) is 32.3 Å². The molecule has 1 aromatic heterocycles. The third kappa shape index (κ3) is 5.78. The van der Waals surface area contributed by atoms with Gasteiger partial charge in [-0.15, -0.1) is 0 Å². The number of likely N-dealkylation sites (N-methyl/N-ethyl adjacent to an activating group) is 1. The van der Waals surface area contributed by atoms with Crippen LogP contribution in [0.3, 0.4) is 0 Å².